The molecule has 4 heteroatoms. The Kier molecular flexibility index (Phi) is 6.09. The Morgan fingerprint density at radius 3 is 2.27 bits per heavy atom. The highest BCUT2D eigenvalue weighted by Crippen LogP contribution is 2.33. The summed E-state index contributed by atoms with van der Waals surface area (Å²) < 4.78 is 10.8. The third kappa shape index (κ3) is 3.93. The maximum atomic E-state index is 9.23. The van der Waals surface area contributed by atoms with Crippen LogP contribution in [-0.4, -0.2) is 32.0 Å². The normalized spacial score (nSPS) is 23.1. The summed E-state index contributed by atoms with van der Waals surface area (Å²) in [6, 6.07) is 4.92. The predicted molar refractivity (Wildman–Crippen MR) is 88.7 cm³/mol. The van der Waals surface area contributed by atoms with E-state index in [-0.39, 0.29) is 6.04 Å². The average Bonchev–Trinajstić information content (AvgIpc) is 2.55. The van der Waals surface area contributed by atoms with Crippen LogP contribution in [0.15, 0.2) is 12.1 Å². The van der Waals surface area contributed by atoms with E-state index in [1.54, 1.807) is 14.2 Å². The third-order valence-corrected chi connectivity index (χ3v) is 4.83. The molecule has 4 nitrogen and oxygen atoms in total. The van der Waals surface area contributed by atoms with E-state index in [1.807, 2.05) is 6.07 Å². The Morgan fingerprint density at radius 2 is 1.73 bits per heavy atom. The quantitative estimate of drug-likeness (QED) is 0.847. The van der Waals surface area contributed by atoms with Crippen molar-refractivity contribution < 1.29 is 14.6 Å². The minimum absolute atomic E-state index is 0.274. The van der Waals surface area contributed by atoms with Gasteiger partial charge in [0.05, 0.1) is 14.2 Å². The molecule has 124 valence electrons. The molecule has 1 fully saturated rings. The molecule has 0 amide bonds. The molecule has 0 radical (unpaired) electrons. The first kappa shape index (κ1) is 17.1. The molecule has 0 spiro atoms. The van der Waals surface area contributed by atoms with Crippen molar-refractivity contribution in [3.8, 4) is 11.5 Å². The number of methoxy groups -OCH3 is 2. The molecule has 1 aliphatic carbocycles. The van der Waals surface area contributed by atoms with Crippen molar-refractivity contribution in [1.82, 2.24) is 5.32 Å². The Morgan fingerprint density at radius 1 is 1.14 bits per heavy atom. The van der Waals surface area contributed by atoms with Crippen molar-refractivity contribution in [2.45, 2.75) is 51.6 Å². The molecule has 1 aromatic rings. The lowest BCUT2D eigenvalue weighted by atomic mass is 9.86. The van der Waals surface area contributed by atoms with Crippen LogP contribution in [0.5, 0.6) is 11.5 Å². The van der Waals surface area contributed by atoms with Crippen LogP contribution in [0.3, 0.4) is 0 Å². The molecule has 2 rings (SSSR count). The predicted octanol–water partition coefficient (Wildman–Crippen LogP) is 3.21. The Bertz CT molecular complexity index is 481. The summed E-state index contributed by atoms with van der Waals surface area (Å²) in [6.45, 7) is 4.64. The zero-order valence-electron chi connectivity index (χ0n) is 14.2. The maximum absolute atomic E-state index is 9.23. The van der Waals surface area contributed by atoms with E-state index in [1.165, 1.54) is 11.1 Å². The van der Waals surface area contributed by atoms with E-state index in [4.69, 9.17) is 9.47 Å². The zero-order valence-corrected chi connectivity index (χ0v) is 14.2. The van der Waals surface area contributed by atoms with E-state index in [0.29, 0.717) is 18.6 Å². The van der Waals surface area contributed by atoms with E-state index >= 15 is 0 Å². The highest BCUT2D eigenvalue weighted by molar-refractivity contribution is 5.48. The molecule has 1 aromatic carbocycles. The van der Waals surface area contributed by atoms with E-state index in [2.05, 4.69) is 25.2 Å². The van der Waals surface area contributed by atoms with Crippen LogP contribution in [0.1, 0.15) is 49.8 Å². The lowest BCUT2D eigenvalue weighted by Gasteiger charge is -2.31. The largest absolute Gasteiger partial charge is 0.493 e. The van der Waals surface area contributed by atoms with Gasteiger partial charge in [-0.25, -0.2) is 0 Å². The van der Waals surface area contributed by atoms with Crippen LogP contribution in [0.4, 0.5) is 0 Å². The van der Waals surface area contributed by atoms with Crippen LogP contribution in [0.2, 0.25) is 0 Å². The smallest absolute Gasteiger partial charge is 0.161 e. The number of hydrogen-bond acceptors (Lipinski definition) is 4. The summed E-state index contributed by atoms with van der Waals surface area (Å²) in [6.07, 6.45) is 4.52. The van der Waals surface area contributed by atoms with Gasteiger partial charge < -0.3 is 19.9 Å². The fraction of sp³-hybridized carbons (Fsp3) is 0.667. The first-order chi connectivity index (χ1) is 10.6. The molecule has 0 heterocycles. The molecular formula is C18H29NO3. The lowest BCUT2D eigenvalue weighted by Crippen LogP contribution is -2.35. The van der Waals surface area contributed by atoms with E-state index in [0.717, 1.165) is 37.2 Å². The first-order valence-electron chi connectivity index (χ1n) is 8.18. The van der Waals surface area contributed by atoms with Crippen LogP contribution in [0, 0.1) is 12.8 Å². The van der Waals surface area contributed by atoms with Crippen LogP contribution in [0.25, 0.3) is 0 Å². The van der Waals surface area contributed by atoms with Crippen molar-refractivity contribution in [3.05, 3.63) is 23.3 Å². The van der Waals surface area contributed by atoms with Gasteiger partial charge in [-0.1, -0.05) is 0 Å². The Hall–Kier alpha value is -1.26. The van der Waals surface area contributed by atoms with Gasteiger partial charge in [-0.3, -0.25) is 0 Å². The van der Waals surface area contributed by atoms with Crippen molar-refractivity contribution in [1.29, 1.82) is 0 Å². The van der Waals surface area contributed by atoms with Gasteiger partial charge in [-0.15, -0.1) is 0 Å². The molecule has 2 N–H and O–H groups in total. The minimum atomic E-state index is 0.274. The van der Waals surface area contributed by atoms with E-state index in [9.17, 15) is 5.11 Å². The summed E-state index contributed by atoms with van der Waals surface area (Å²) in [5.74, 6) is 2.05. The molecule has 0 bridgehead atoms. The monoisotopic (exact) mass is 307 g/mol. The fourth-order valence-corrected chi connectivity index (χ4v) is 3.42. The third-order valence-electron chi connectivity index (χ3n) is 4.83. The summed E-state index contributed by atoms with van der Waals surface area (Å²) >= 11 is 0. The van der Waals surface area contributed by atoms with Gasteiger partial charge >= 0.3 is 0 Å². The Balaban J connectivity index is 2.05. The highest BCUT2D eigenvalue weighted by Gasteiger charge is 2.23. The van der Waals surface area contributed by atoms with Crippen molar-refractivity contribution in [2.24, 2.45) is 5.92 Å². The second-order valence-electron chi connectivity index (χ2n) is 6.35. The highest BCUT2D eigenvalue weighted by atomic mass is 16.5. The molecule has 1 unspecified atom stereocenters. The van der Waals surface area contributed by atoms with Gasteiger partial charge in [-0.05, 0) is 68.7 Å². The number of hydrogen-bond donors (Lipinski definition) is 2. The molecule has 22 heavy (non-hydrogen) atoms. The number of rotatable bonds is 6. The minimum Gasteiger partial charge on any atom is -0.493 e. The standard InChI is InChI=1S/C18H29NO3/c1-12-9-17(21-3)18(22-4)10-16(12)13(2)19-15-7-5-14(11-20)6-8-15/h9-10,13-15,19-20H,5-8,11H2,1-4H3. The van der Waals surface area contributed by atoms with Crippen molar-refractivity contribution >= 4 is 0 Å². The van der Waals surface area contributed by atoms with Crippen molar-refractivity contribution in [3.63, 3.8) is 0 Å². The summed E-state index contributed by atoms with van der Waals surface area (Å²) in [7, 11) is 3.34. The number of aliphatic hydroxyl groups excluding tert-OH is 1. The second kappa shape index (κ2) is 7.84. The number of aryl methyl sites for hydroxylation is 1. The summed E-state index contributed by atoms with van der Waals surface area (Å²) in [5.41, 5.74) is 2.46. The van der Waals surface area contributed by atoms with E-state index < -0.39 is 0 Å². The second-order valence-corrected chi connectivity index (χ2v) is 6.35. The summed E-state index contributed by atoms with van der Waals surface area (Å²) in [4.78, 5) is 0. The average molecular weight is 307 g/mol. The molecule has 1 saturated carbocycles. The van der Waals surface area contributed by atoms with Gasteiger partial charge in [0.15, 0.2) is 11.5 Å². The molecule has 1 atom stereocenters. The topological polar surface area (TPSA) is 50.7 Å². The van der Waals surface area contributed by atoms with Crippen LogP contribution >= 0.6 is 0 Å². The molecule has 0 aromatic heterocycles. The SMILES string of the molecule is COc1cc(C)c(C(C)NC2CCC(CO)CC2)cc1OC. The maximum Gasteiger partial charge on any atom is 0.161 e. The number of nitrogens with one attached hydrogen (secondary N) is 1. The lowest BCUT2D eigenvalue weighted by molar-refractivity contribution is 0.172. The molecular weight excluding hydrogens is 278 g/mol. The first-order valence-corrected chi connectivity index (χ1v) is 8.18. The molecule has 0 saturated heterocycles. The molecule has 1 aliphatic rings. The van der Waals surface area contributed by atoms with Gasteiger partial charge in [0.1, 0.15) is 0 Å². The summed E-state index contributed by atoms with van der Waals surface area (Å²) in [5, 5.41) is 13.0. The van der Waals surface area contributed by atoms with Gasteiger partial charge in [0.25, 0.3) is 0 Å². The van der Waals surface area contributed by atoms with Gasteiger partial charge in [-0.2, -0.15) is 0 Å². The number of ether oxygens (including phenoxy) is 2. The zero-order chi connectivity index (χ0) is 16.1. The van der Waals surface area contributed by atoms with Gasteiger partial charge in [0, 0.05) is 18.7 Å². The number of aliphatic hydroxyl groups is 1. The Labute approximate surface area is 133 Å². The van der Waals surface area contributed by atoms with Crippen LogP contribution in [-0.2, 0) is 0 Å². The van der Waals surface area contributed by atoms with Gasteiger partial charge in [0.2, 0.25) is 0 Å². The molecule has 0 aliphatic heterocycles. The number of benzene rings is 1. The van der Waals surface area contributed by atoms with Crippen LogP contribution < -0.4 is 14.8 Å². The fourth-order valence-electron chi connectivity index (χ4n) is 3.42. The van der Waals surface area contributed by atoms with Crippen molar-refractivity contribution in [2.75, 3.05) is 20.8 Å².